The minimum absolute atomic E-state index is 0.0620. The molecule has 0 saturated carbocycles. The fourth-order valence-electron chi connectivity index (χ4n) is 3.16. The van der Waals surface area contributed by atoms with Gasteiger partial charge in [-0.05, 0) is 24.8 Å². The number of benzene rings is 1. The lowest BCUT2D eigenvalue weighted by atomic mass is 9.89. The van der Waals surface area contributed by atoms with Gasteiger partial charge in [-0.2, -0.15) is 0 Å². The van der Waals surface area contributed by atoms with Crippen LogP contribution in [0.1, 0.15) is 77.8 Å². The zero-order valence-electron chi connectivity index (χ0n) is 15.5. The molecule has 0 fully saturated rings. The molecular formula is C19H28O6. The first-order chi connectivity index (χ1) is 11.9. The van der Waals surface area contributed by atoms with Gasteiger partial charge < -0.3 is 19.7 Å². The van der Waals surface area contributed by atoms with Gasteiger partial charge in [-0.3, -0.25) is 0 Å². The first kappa shape index (κ1) is 20.8. The molecule has 25 heavy (non-hydrogen) atoms. The van der Waals surface area contributed by atoms with Gasteiger partial charge in [0.05, 0.1) is 14.2 Å². The summed E-state index contributed by atoms with van der Waals surface area (Å²) in [6, 6.07) is 0. The number of carboxylic acids is 2. The van der Waals surface area contributed by atoms with Crippen LogP contribution in [0.25, 0.3) is 0 Å². The monoisotopic (exact) mass is 352 g/mol. The van der Waals surface area contributed by atoms with Gasteiger partial charge in [0.2, 0.25) is 0 Å². The summed E-state index contributed by atoms with van der Waals surface area (Å²) >= 11 is 0. The molecule has 1 rings (SSSR count). The van der Waals surface area contributed by atoms with Crippen LogP contribution in [0.4, 0.5) is 0 Å². The van der Waals surface area contributed by atoms with Crippen LogP contribution < -0.4 is 9.47 Å². The van der Waals surface area contributed by atoms with Gasteiger partial charge in [-0.1, -0.05) is 39.5 Å². The van der Waals surface area contributed by atoms with Crippen molar-refractivity contribution >= 4 is 11.9 Å². The van der Waals surface area contributed by atoms with E-state index in [1.54, 1.807) is 0 Å². The molecule has 0 aliphatic heterocycles. The molecule has 0 bridgehead atoms. The number of carbonyl (C=O) groups is 2. The van der Waals surface area contributed by atoms with Crippen LogP contribution in [0.2, 0.25) is 0 Å². The lowest BCUT2D eigenvalue weighted by Gasteiger charge is -2.21. The maximum absolute atomic E-state index is 11.9. The van der Waals surface area contributed by atoms with Crippen LogP contribution in [0.15, 0.2) is 0 Å². The highest BCUT2D eigenvalue weighted by Crippen LogP contribution is 2.41. The topological polar surface area (TPSA) is 93.1 Å². The number of hydrogen-bond donors (Lipinski definition) is 2. The summed E-state index contributed by atoms with van der Waals surface area (Å²) in [6.45, 7) is 3.97. The summed E-state index contributed by atoms with van der Waals surface area (Å²) in [4.78, 5) is 23.7. The van der Waals surface area contributed by atoms with Gasteiger partial charge in [0.1, 0.15) is 22.6 Å². The number of unbranched alkanes of at least 4 members (excludes halogenated alkanes) is 3. The third-order valence-corrected chi connectivity index (χ3v) is 4.22. The van der Waals surface area contributed by atoms with E-state index in [-0.39, 0.29) is 28.2 Å². The maximum atomic E-state index is 11.9. The van der Waals surface area contributed by atoms with E-state index in [4.69, 9.17) is 9.47 Å². The Balaban J connectivity index is 3.67. The first-order valence-corrected chi connectivity index (χ1v) is 8.70. The normalized spacial score (nSPS) is 10.6. The maximum Gasteiger partial charge on any atom is 0.339 e. The average molecular weight is 352 g/mol. The Morgan fingerprint density at radius 2 is 1.28 bits per heavy atom. The van der Waals surface area contributed by atoms with Crippen LogP contribution in [0.3, 0.4) is 0 Å². The third-order valence-electron chi connectivity index (χ3n) is 4.22. The van der Waals surface area contributed by atoms with Crippen molar-refractivity contribution in [2.24, 2.45) is 0 Å². The Morgan fingerprint density at radius 1 is 0.760 bits per heavy atom. The molecule has 0 atom stereocenters. The minimum Gasteiger partial charge on any atom is -0.495 e. The molecule has 6 nitrogen and oxygen atoms in total. The highest BCUT2D eigenvalue weighted by molar-refractivity contribution is 6.02. The van der Waals surface area contributed by atoms with Gasteiger partial charge in [0, 0.05) is 5.56 Å². The summed E-state index contributed by atoms with van der Waals surface area (Å²) < 4.78 is 10.8. The number of carboxylic acid groups (broad SMARTS) is 2. The van der Waals surface area contributed by atoms with Crippen molar-refractivity contribution < 1.29 is 29.3 Å². The second-order valence-electron chi connectivity index (χ2n) is 5.94. The van der Waals surface area contributed by atoms with Crippen LogP contribution in [-0.2, 0) is 12.8 Å². The SMILES string of the molecule is CCCCCCc1c(OC)c(C(=O)O)c(CCC)c(C(=O)O)c1OC. The van der Waals surface area contributed by atoms with E-state index in [0.29, 0.717) is 24.8 Å². The quantitative estimate of drug-likeness (QED) is 0.581. The second-order valence-corrected chi connectivity index (χ2v) is 5.94. The fourth-order valence-corrected chi connectivity index (χ4v) is 3.16. The Kier molecular flexibility index (Phi) is 8.25. The van der Waals surface area contributed by atoms with E-state index in [9.17, 15) is 19.8 Å². The van der Waals surface area contributed by atoms with Gasteiger partial charge in [0.15, 0.2) is 0 Å². The highest BCUT2D eigenvalue weighted by atomic mass is 16.5. The summed E-state index contributed by atoms with van der Waals surface area (Å²) in [6.07, 6.45) is 5.38. The summed E-state index contributed by atoms with van der Waals surface area (Å²) in [7, 11) is 2.82. The average Bonchev–Trinajstić information content (AvgIpc) is 2.57. The molecule has 1 aromatic rings. The Hall–Kier alpha value is -2.24. The Labute approximate surface area is 148 Å². The summed E-state index contributed by atoms with van der Waals surface area (Å²) in [5, 5.41) is 19.4. The summed E-state index contributed by atoms with van der Waals surface area (Å²) in [5.41, 5.74) is 0.658. The van der Waals surface area contributed by atoms with Gasteiger partial charge in [-0.25, -0.2) is 9.59 Å². The van der Waals surface area contributed by atoms with Crippen LogP contribution in [0.5, 0.6) is 11.5 Å². The van der Waals surface area contributed by atoms with Gasteiger partial charge in [0.25, 0.3) is 0 Å². The lowest BCUT2D eigenvalue weighted by Crippen LogP contribution is -2.16. The number of ether oxygens (including phenoxy) is 2. The van der Waals surface area contributed by atoms with Gasteiger partial charge in [-0.15, -0.1) is 0 Å². The van der Waals surface area contributed by atoms with Crippen molar-refractivity contribution in [2.75, 3.05) is 14.2 Å². The van der Waals surface area contributed by atoms with Crippen molar-refractivity contribution in [3.05, 3.63) is 22.3 Å². The zero-order chi connectivity index (χ0) is 19.0. The lowest BCUT2D eigenvalue weighted by molar-refractivity contribution is 0.0690. The molecule has 1 aromatic carbocycles. The molecule has 0 amide bonds. The molecule has 140 valence electrons. The first-order valence-electron chi connectivity index (χ1n) is 8.70. The van der Waals surface area contributed by atoms with Crippen molar-refractivity contribution in [2.45, 2.75) is 58.8 Å². The molecule has 6 heteroatoms. The van der Waals surface area contributed by atoms with E-state index in [0.717, 1.165) is 25.7 Å². The van der Waals surface area contributed by atoms with E-state index in [2.05, 4.69) is 6.92 Å². The fraction of sp³-hybridized carbons (Fsp3) is 0.579. The largest absolute Gasteiger partial charge is 0.495 e. The molecule has 0 aliphatic rings. The molecule has 0 aromatic heterocycles. The van der Waals surface area contributed by atoms with E-state index >= 15 is 0 Å². The molecule has 0 radical (unpaired) electrons. The van der Waals surface area contributed by atoms with Crippen LogP contribution >= 0.6 is 0 Å². The number of rotatable bonds is 11. The molecule has 0 aliphatic carbocycles. The summed E-state index contributed by atoms with van der Waals surface area (Å²) in [5.74, 6) is -1.93. The van der Waals surface area contributed by atoms with Crippen molar-refractivity contribution in [1.82, 2.24) is 0 Å². The smallest absolute Gasteiger partial charge is 0.339 e. The Bertz CT molecular complexity index is 578. The third kappa shape index (κ3) is 4.65. The van der Waals surface area contributed by atoms with E-state index < -0.39 is 11.9 Å². The van der Waals surface area contributed by atoms with Crippen LogP contribution in [-0.4, -0.2) is 36.4 Å². The number of methoxy groups -OCH3 is 2. The Morgan fingerprint density at radius 3 is 1.64 bits per heavy atom. The number of aromatic carboxylic acids is 2. The minimum atomic E-state index is -1.18. The van der Waals surface area contributed by atoms with E-state index in [1.807, 2.05) is 6.92 Å². The van der Waals surface area contributed by atoms with Crippen molar-refractivity contribution in [3.8, 4) is 11.5 Å². The number of hydrogen-bond acceptors (Lipinski definition) is 4. The standard InChI is InChI=1S/C19H28O6/c1-5-7-8-9-11-13-16(24-3)14(18(20)21)12(10-6-2)15(19(22)23)17(13)25-4/h5-11H2,1-4H3,(H,20,21)(H,22,23). The van der Waals surface area contributed by atoms with Crippen molar-refractivity contribution in [3.63, 3.8) is 0 Å². The molecule has 0 spiro atoms. The molecule has 2 N–H and O–H groups in total. The molecule has 0 unspecified atom stereocenters. The predicted octanol–water partition coefficient (Wildman–Crippen LogP) is 4.18. The molecule has 0 saturated heterocycles. The predicted molar refractivity (Wildman–Crippen MR) is 95.3 cm³/mol. The highest BCUT2D eigenvalue weighted by Gasteiger charge is 2.31. The van der Waals surface area contributed by atoms with E-state index in [1.165, 1.54) is 14.2 Å². The van der Waals surface area contributed by atoms with Gasteiger partial charge >= 0.3 is 11.9 Å². The zero-order valence-corrected chi connectivity index (χ0v) is 15.5. The molecular weight excluding hydrogens is 324 g/mol. The second kappa shape index (κ2) is 9.91. The molecule has 0 heterocycles. The van der Waals surface area contributed by atoms with Crippen LogP contribution in [0, 0.1) is 0 Å². The van der Waals surface area contributed by atoms with Crippen molar-refractivity contribution in [1.29, 1.82) is 0 Å².